The van der Waals surface area contributed by atoms with Crippen molar-refractivity contribution in [1.29, 1.82) is 0 Å². The molecule has 7 heteroatoms. The van der Waals surface area contributed by atoms with E-state index in [-0.39, 0.29) is 49.8 Å². The van der Waals surface area contributed by atoms with Crippen molar-refractivity contribution in [3.05, 3.63) is 0 Å². The van der Waals surface area contributed by atoms with Crippen molar-refractivity contribution in [2.24, 2.45) is 0 Å². The van der Waals surface area contributed by atoms with Crippen LogP contribution in [-0.4, -0.2) is 97.7 Å². The predicted molar refractivity (Wildman–Crippen MR) is 238 cm³/mol. The van der Waals surface area contributed by atoms with Crippen molar-refractivity contribution < 1.29 is 19.8 Å². The molecule has 324 valence electrons. The average molecular weight is 805 g/mol. The number of hydrogen-bond acceptors (Lipinski definition) is 6. The van der Waals surface area contributed by atoms with Crippen LogP contribution in [0.25, 0.3) is 0 Å². The zero-order chi connectivity index (χ0) is 40.3. The van der Waals surface area contributed by atoms with Gasteiger partial charge in [0.15, 0.2) is 0 Å². The summed E-state index contributed by atoms with van der Waals surface area (Å²) in [6.45, 7) is 17.0. The van der Waals surface area contributed by atoms with Crippen LogP contribution >= 0.6 is 0 Å². The van der Waals surface area contributed by atoms with Crippen molar-refractivity contribution in [2.75, 3.05) is 26.2 Å². The first kappa shape index (κ1) is 59.4. The molecule has 0 heterocycles. The van der Waals surface area contributed by atoms with Crippen LogP contribution in [-0.2, 0) is 9.59 Å². The van der Waals surface area contributed by atoms with Gasteiger partial charge in [-0.3, -0.25) is 9.80 Å². The van der Waals surface area contributed by atoms with Gasteiger partial charge in [-0.15, -0.1) is 0 Å². The Kier molecular flexibility index (Phi) is 52.4. The molecule has 6 nitrogen and oxygen atoms in total. The monoisotopic (exact) mass is 805 g/mol. The first-order valence-electron chi connectivity index (χ1n) is 24.2. The molecule has 0 aromatic carbocycles. The first-order chi connectivity index (χ1) is 26.3. The first-order valence-corrected chi connectivity index (χ1v) is 24.2. The smallest absolute Gasteiger partial charge is 0.548 e. The second-order valence-corrected chi connectivity index (χ2v) is 16.5. The molecule has 0 saturated heterocycles. The quantitative estimate of drug-likeness (QED) is 0.0451. The van der Waals surface area contributed by atoms with Crippen LogP contribution in [0, 0.1) is 0 Å². The van der Waals surface area contributed by atoms with E-state index in [1.54, 1.807) is 0 Å². The van der Waals surface area contributed by atoms with Crippen LogP contribution in [0.4, 0.5) is 0 Å². The van der Waals surface area contributed by atoms with Crippen LogP contribution in [0.5, 0.6) is 0 Å². The van der Waals surface area contributed by atoms with Gasteiger partial charge in [0, 0.05) is 12.1 Å². The molecule has 0 N–H and O–H groups in total. The Hall–Kier alpha value is 0.120. The molecule has 0 fully saturated rings. The maximum absolute atomic E-state index is 11.8. The molecule has 0 rings (SSSR count). The van der Waals surface area contributed by atoms with Gasteiger partial charge >= 0.3 is 37.7 Å². The van der Waals surface area contributed by atoms with Crippen molar-refractivity contribution in [3.63, 3.8) is 0 Å². The third-order valence-corrected chi connectivity index (χ3v) is 11.3. The van der Waals surface area contributed by atoms with Crippen LogP contribution in [0.3, 0.4) is 0 Å². The van der Waals surface area contributed by atoms with E-state index in [4.69, 9.17) is 0 Å². The molecular formula is C48H96CaN2O4. The molecular weight excluding hydrogens is 709 g/mol. The minimum atomic E-state index is -0.858. The average Bonchev–Trinajstić information content (AvgIpc) is 3.16. The second-order valence-electron chi connectivity index (χ2n) is 16.5. The van der Waals surface area contributed by atoms with E-state index >= 15 is 0 Å². The molecule has 0 saturated carbocycles. The van der Waals surface area contributed by atoms with Gasteiger partial charge in [-0.25, -0.2) is 0 Å². The fourth-order valence-electron chi connectivity index (χ4n) is 7.66. The molecule has 55 heavy (non-hydrogen) atoms. The zero-order valence-electron chi connectivity index (χ0n) is 38.3. The van der Waals surface area contributed by atoms with Crippen molar-refractivity contribution in [2.45, 2.75) is 272 Å². The van der Waals surface area contributed by atoms with Gasteiger partial charge in [0.25, 0.3) is 0 Å². The van der Waals surface area contributed by atoms with Gasteiger partial charge in [-0.2, -0.15) is 0 Å². The summed E-state index contributed by atoms with van der Waals surface area (Å²) < 4.78 is 0. The molecule has 2 atom stereocenters. The number of carboxylic acid groups (broad SMARTS) is 2. The van der Waals surface area contributed by atoms with E-state index in [0.29, 0.717) is 0 Å². The summed E-state index contributed by atoms with van der Waals surface area (Å²) in [6, 6.07) is -0.763. The van der Waals surface area contributed by atoms with Crippen molar-refractivity contribution in [3.8, 4) is 0 Å². The number of carbonyl (C=O) groups is 2. The third-order valence-electron chi connectivity index (χ3n) is 11.3. The Labute approximate surface area is 374 Å². The predicted octanol–water partition coefficient (Wildman–Crippen LogP) is 11.8. The number of rotatable bonds is 42. The molecule has 0 aromatic heterocycles. The van der Waals surface area contributed by atoms with Crippen LogP contribution in [0.15, 0.2) is 0 Å². The summed E-state index contributed by atoms with van der Waals surface area (Å²) in [5.41, 5.74) is 0. The van der Waals surface area contributed by atoms with E-state index in [2.05, 4.69) is 51.3 Å². The number of hydrogen-bond donors (Lipinski definition) is 0. The van der Waals surface area contributed by atoms with E-state index < -0.39 is 11.9 Å². The van der Waals surface area contributed by atoms with Gasteiger partial charge < -0.3 is 19.8 Å². The zero-order valence-corrected chi connectivity index (χ0v) is 40.5. The summed E-state index contributed by atoms with van der Waals surface area (Å²) in [7, 11) is 0. The van der Waals surface area contributed by atoms with Gasteiger partial charge in [0.05, 0.1) is 11.9 Å². The van der Waals surface area contributed by atoms with Crippen LogP contribution in [0.2, 0.25) is 0 Å². The summed E-state index contributed by atoms with van der Waals surface area (Å²) in [5, 5.41) is 23.6. The molecule has 0 aliphatic carbocycles. The molecule has 0 radical (unpaired) electrons. The molecule has 0 aliphatic rings. The van der Waals surface area contributed by atoms with Crippen molar-refractivity contribution in [1.82, 2.24) is 9.80 Å². The van der Waals surface area contributed by atoms with Gasteiger partial charge in [-0.05, 0) is 64.7 Å². The fourth-order valence-corrected chi connectivity index (χ4v) is 7.66. The molecule has 2 unspecified atom stereocenters. The van der Waals surface area contributed by atoms with Crippen LogP contribution in [0.1, 0.15) is 260 Å². The van der Waals surface area contributed by atoms with Crippen molar-refractivity contribution >= 4 is 49.7 Å². The topological polar surface area (TPSA) is 86.7 Å². The van der Waals surface area contributed by atoms with E-state index in [1.807, 2.05) is 0 Å². The Bertz CT molecular complexity index is 676. The Balaban J connectivity index is -0.000000966. The Morgan fingerprint density at radius 1 is 0.327 bits per heavy atom. The standard InChI is InChI=1S/2C24H49NO2.Ca/c2*1-4-7-10-13-15-18-21-25(22-19-16-14-11-8-5-2)23(24(26)27)20-17-12-9-6-3;/h2*23H,4-22H2,1-3H3,(H,26,27);/q;;+2/p-2. The second kappa shape index (κ2) is 48.5. The normalized spacial score (nSPS) is 12.4. The number of carboxylic acids is 2. The number of aliphatic carboxylic acids is 2. The number of nitrogens with zero attached hydrogens (tertiary/aromatic N) is 2. The molecule has 0 bridgehead atoms. The minimum absolute atomic E-state index is 0. The third kappa shape index (κ3) is 40.7. The van der Waals surface area contributed by atoms with Gasteiger partial charge in [-0.1, -0.05) is 221 Å². The number of carbonyl (C=O) groups excluding carboxylic acids is 2. The number of unbranched alkanes of at least 4 members (excludes halogenated alkanes) is 26. The molecule has 0 aliphatic heterocycles. The maximum atomic E-state index is 11.8. The Morgan fingerprint density at radius 2 is 0.509 bits per heavy atom. The molecule has 0 spiro atoms. The van der Waals surface area contributed by atoms with E-state index in [0.717, 1.165) is 90.4 Å². The molecule has 0 amide bonds. The van der Waals surface area contributed by atoms with Gasteiger partial charge in [0.1, 0.15) is 0 Å². The van der Waals surface area contributed by atoms with Gasteiger partial charge in [0.2, 0.25) is 0 Å². The summed E-state index contributed by atoms with van der Waals surface area (Å²) in [6.07, 6.45) is 40.8. The minimum Gasteiger partial charge on any atom is -0.548 e. The fraction of sp³-hybridized carbons (Fsp3) is 0.958. The van der Waals surface area contributed by atoms with Crippen LogP contribution < -0.4 is 10.2 Å². The molecule has 0 aromatic rings. The maximum Gasteiger partial charge on any atom is 2.00 e. The summed E-state index contributed by atoms with van der Waals surface area (Å²) >= 11 is 0. The summed E-state index contributed by atoms with van der Waals surface area (Å²) in [5.74, 6) is -1.72. The largest absolute Gasteiger partial charge is 2.00 e. The van der Waals surface area contributed by atoms with E-state index in [9.17, 15) is 19.8 Å². The SMILES string of the molecule is CCCCCCCCN(CCCCCCCC)C(CCCCCC)C(=O)[O-].CCCCCCCCN(CCCCCCCC)C(CCCCCC)C(=O)[O-].[Ca+2]. The van der Waals surface area contributed by atoms with E-state index in [1.165, 1.54) is 154 Å². The summed E-state index contributed by atoms with van der Waals surface area (Å²) in [4.78, 5) is 28.1. The Morgan fingerprint density at radius 3 is 0.709 bits per heavy atom.